The number of fused-ring (bicyclic) bond motifs is 1. The molecule has 1 aromatic heterocycles. The van der Waals surface area contributed by atoms with E-state index in [1.807, 2.05) is 24.3 Å². The van der Waals surface area contributed by atoms with Crippen molar-refractivity contribution in [3.05, 3.63) is 63.8 Å². The van der Waals surface area contributed by atoms with Crippen molar-refractivity contribution in [1.29, 1.82) is 5.26 Å². The standard InChI is InChI=1S/C16H11Cl2N3/c17-11-6-5-10(8-19)14(7-11)20-9-15-16(18)12-3-1-2-4-13(12)21-15/h1-7,20-21H,9H2. The Bertz CT molecular complexity index is 846. The average Bonchev–Trinajstić information content (AvgIpc) is 2.82. The number of rotatable bonds is 3. The summed E-state index contributed by atoms with van der Waals surface area (Å²) in [4.78, 5) is 3.28. The van der Waals surface area contributed by atoms with Crippen LogP contribution in [0.2, 0.25) is 10.0 Å². The van der Waals surface area contributed by atoms with E-state index in [4.69, 9.17) is 28.5 Å². The summed E-state index contributed by atoms with van der Waals surface area (Å²) in [6.07, 6.45) is 0. The minimum Gasteiger partial charge on any atom is -0.378 e. The molecule has 0 atom stereocenters. The largest absolute Gasteiger partial charge is 0.378 e. The molecule has 0 aliphatic heterocycles. The summed E-state index contributed by atoms with van der Waals surface area (Å²) in [6, 6.07) is 15.1. The van der Waals surface area contributed by atoms with Crippen molar-refractivity contribution in [2.24, 2.45) is 0 Å². The molecule has 1 heterocycles. The van der Waals surface area contributed by atoms with Gasteiger partial charge in [0.2, 0.25) is 0 Å². The molecule has 2 aromatic carbocycles. The number of nitrogens with one attached hydrogen (secondary N) is 2. The zero-order valence-corrected chi connectivity index (χ0v) is 12.5. The maximum Gasteiger partial charge on any atom is 0.101 e. The second-order valence-electron chi connectivity index (χ2n) is 4.62. The third-order valence-corrected chi connectivity index (χ3v) is 3.94. The van der Waals surface area contributed by atoms with Gasteiger partial charge in [-0.3, -0.25) is 0 Å². The molecule has 0 saturated heterocycles. The summed E-state index contributed by atoms with van der Waals surface area (Å²) in [5.74, 6) is 0. The number of H-pyrrole nitrogens is 1. The molecule has 0 saturated carbocycles. The first kappa shape index (κ1) is 13.8. The van der Waals surface area contributed by atoms with Gasteiger partial charge in [0.25, 0.3) is 0 Å². The van der Waals surface area contributed by atoms with Gasteiger partial charge in [-0.05, 0) is 24.3 Å². The van der Waals surface area contributed by atoms with E-state index in [2.05, 4.69) is 16.4 Å². The Kier molecular flexibility index (Phi) is 3.74. The van der Waals surface area contributed by atoms with Crippen LogP contribution in [0, 0.1) is 11.3 Å². The zero-order valence-electron chi connectivity index (χ0n) is 11.0. The first-order chi connectivity index (χ1) is 10.2. The van der Waals surface area contributed by atoms with Crippen molar-refractivity contribution in [1.82, 2.24) is 4.98 Å². The van der Waals surface area contributed by atoms with Crippen molar-refractivity contribution in [3.8, 4) is 6.07 Å². The summed E-state index contributed by atoms with van der Waals surface area (Å²) < 4.78 is 0. The van der Waals surface area contributed by atoms with E-state index in [9.17, 15) is 0 Å². The smallest absolute Gasteiger partial charge is 0.101 e. The third-order valence-electron chi connectivity index (χ3n) is 3.27. The Morgan fingerprint density at radius 3 is 2.71 bits per heavy atom. The van der Waals surface area contributed by atoms with Crippen molar-refractivity contribution < 1.29 is 0 Å². The van der Waals surface area contributed by atoms with E-state index in [-0.39, 0.29) is 0 Å². The van der Waals surface area contributed by atoms with Crippen LogP contribution >= 0.6 is 23.2 Å². The van der Waals surface area contributed by atoms with E-state index < -0.39 is 0 Å². The van der Waals surface area contributed by atoms with Crippen LogP contribution in [0.3, 0.4) is 0 Å². The van der Waals surface area contributed by atoms with Gasteiger partial charge in [-0.2, -0.15) is 5.26 Å². The monoisotopic (exact) mass is 315 g/mol. The summed E-state index contributed by atoms with van der Waals surface area (Å²) in [5, 5.41) is 14.6. The molecular formula is C16H11Cl2N3. The topological polar surface area (TPSA) is 51.6 Å². The number of anilines is 1. The third kappa shape index (κ3) is 2.69. The van der Waals surface area contributed by atoms with Gasteiger partial charge in [-0.25, -0.2) is 0 Å². The number of nitrogens with zero attached hydrogens (tertiary/aromatic N) is 1. The fourth-order valence-electron chi connectivity index (χ4n) is 2.23. The van der Waals surface area contributed by atoms with E-state index in [0.717, 1.165) is 16.6 Å². The summed E-state index contributed by atoms with van der Waals surface area (Å²) in [6.45, 7) is 0.489. The molecule has 0 amide bonds. The first-order valence-corrected chi connectivity index (χ1v) is 7.13. The number of para-hydroxylation sites is 1. The number of hydrogen-bond donors (Lipinski definition) is 2. The van der Waals surface area contributed by atoms with Crippen LogP contribution < -0.4 is 5.32 Å². The lowest BCUT2D eigenvalue weighted by atomic mass is 10.2. The number of benzene rings is 2. The van der Waals surface area contributed by atoms with Crippen molar-refractivity contribution in [2.45, 2.75) is 6.54 Å². The van der Waals surface area contributed by atoms with Crippen LogP contribution in [-0.2, 0) is 6.54 Å². The molecule has 21 heavy (non-hydrogen) atoms. The second-order valence-corrected chi connectivity index (χ2v) is 5.43. The fourth-order valence-corrected chi connectivity index (χ4v) is 2.68. The average molecular weight is 316 g/mol. The van der Waals surface area contributed by atoms with Gasteiger partial charge in [0.15, 0.2) is 0 Å². The quantitative estimate of drug-likeness (QED) is 0.717. The van der Waals surface area contributed by atoms with Gasteiger partial charge in [-0.1, -0.05) is 41.4 Å². The molecule has 3 rings (SSSR count). The van der Waals surface area contributed by atoms with E-state index >= 15 is 0 Å². The van der Waals surface area contributed by atoms with E-state index in [0.29, 0.717) is 27.8 Å². The van der Waals surface area contributed by atoms with Gasteiger partial charge >= 0.3 is 0 Å². The van der Waals surface area contributed by atoms with Crippen LogP contribution in [0.5, 0.6) is 0 Å². The molecule has 0 aliphatic carbocycles. The summed E-state index contributed by atoms with van der Waals surface area (Å²) in [7, 11) is 0. The number of aromatic nitrogens is 1. The SMILES string of the molecule is N#Cc1ccc(Cl)cc1NCc1[nH]c2ccccc2c1Cl. The fraction of sp³-hybridized carbons (Fsp3) is 0.0625. The Balaban J connectivity index is 1.89. The van der Waals surface area contributed by atoms with Gasteiger partial charge in [0, 0.05) is 15.9 Å². The molecular weight excluding hydrogens is 305 g/mol. The molecule has 0 aliphatic rings. The number of hydrogen-bond acceptors (Lipinski definition) is 2. The molecule has 3 nitrogen and oxygen atoms in total. The zero-order chi connectivity index (χ0) is 14.8. The lowest BCUT2D eigenvalue weighted by molar-refractivity contribution is 1.08. The molecule has 104 valence electrons. The first-order valence-electron chi connectivity index (χ1n) is 6.37. The highest BCUT2D eigenvalue weighted by atomic mass is 35.5. The summed E-state index contributed by atoms with van der Waals surface area (Å²) in [5.41, 5.74) is 3.11. The Morgan fingerprint density at radius 1 is 1.14 bits per heavy atom. The normalized spacial score (nSPS) is 10.5. The molecule has 0 fully saturated rings. The highest BCUT2D eigenvalue weighted by Crippen LogP contribution is 2.28. The lowest BCUT2D eigenvalue weighted by Gasteiger charge is -2.08. The second kappa shape index (κ2) is 5.69. The molecule has 2 N–H and O–H groups in total. The van der Waals surface area contributed by atoms with Crippen molar-refractivity contribution >= 4 is 39.8 Å². The van der Waals surface area contributed by atoms with Gasteiger partial charge in [-0.15, -0.1) is 0 Å². The van der Waals surface area contributed by atoms with Crippen LogP contribution in [0.1, 0.15) is 11.3 Å². The van der Waals surface area contributed by atoms with Gasteiger partial charge in [0.05, 0.1) is 28.5 Å². The minimum atomic E-state index is 0.489. The van der Waals surface area contributed by atoms with E-state index in [1.54, 1.807) is 18.2 Å². The van der Waals surface area contributed by atoms with Crippen molar-refractivity contribution in [2.75, 3.05) is 5.32 Å². The van der Waals surface area contributed by atoms with E-state index in [1.165, 1.54) is 0 Å². The lowest BCUT2D eigenvalue weighted by Crippen LogP contribution is -2.02. The number of nitriles is 1. The van der Waals surface area contributed by atoms with Crippen LogP contribution in [0.15, 0.2) is 42.5 Å². The molecule has 0 bridgehead atoms. The predicted octanol–water partition coefficient (Wildman–Crippen LogP) is 4.96. The maximum absolute atomic E-state index is 9.11. The van der Waals surface area contributed by atoms with Crippen LogP contribution in [0.4, 0.5) is 5.69 Å². The molecule has 0 unspecified atom stereocenters. The molecule has 3 aromatic rings. The molecule has 5 heteroatoms. The highest BCUT2D eigenvalue weighted by Gasteiger charge is 2.09. The predicted molar refractivity (Wildman–Crippen MR) is 86.8 cm³/mol. The highest BCUT2D eigenvalue weighted by molar-refractivity contribution is 6.36. The van der Waals surface area contributed by atoms with Crippen LogP contribution in [-0.4, -0.2) is 4.98 Å². The molecule has 0 radical (unpaired) electrons. The number of halogens is 2. The number of aromatic amines is 1. The Morgan fingerprint density at radius 2 is 1.95 bits per heavy atom. The summed E-state index contributed by atoms with van der Waals surface area (Å²) >= 11 is 12.3. The Hall–Kier alpha value is -2.15. The minimum absolute atomic E-state index is 0.489. The van der Waals surface area contributed by atoms with Gasteiger partial charge in [0.1, 0.15) is 6.07 Å². The molecule has 0 spiro atoms. The Labute approximate surface area is 132 Å². The van der Waals surface area contributed by atoms with Crippen molar-refractivity contribution in [3.63, 3.8) is 0 Å². The maximum atomic E-state index is 9.11. The van der Waals surface area contributed by atoms with Crippen LogP contribution in [0.25, 0.3) is 10.9 Å². The van der Waals surface area contributed by atoms with Gasteiger partial charge < -0.3 is 10.3 Å².